The lowest BCUT2D eigenvalue weighted by Gasteiger charge is -2.08. The largest absolute Gasteiger partial charge is 0.494 e. The topological polar surface area (TPSA) is 51.2 Å². The first-order chi connectivity index (χ1) is 13.2. The van der Waals surface area contributed by atoms with E-state index in [-0.39, 0.29) is 5.91 Å². The number of amides is 1. The van der Waals surface area contributed by atoms with Crippen LogP contribution in [0.1, 0.15) is 29.5 Å². The third-order valence-corrected chi connectivity index (χ3v) is 4.23. The Morgan fingerprint density at radius 3 is 2.30 bits per heavy atom. The Balaban J connectivity index is 1.39. The van der Waals surface area contributed by atoms with Crippen molar-refractivity contribution in [2.45, 2.75) is 26.2 Å². The molecule has 0 radical (unpaired) electrons. The van der Waals surface area contributed by atoms with Crippen LogP contribution >= 0.6 is 0 Å². The van der Waals surface area contributed by atoms with Gasteiger partial charge >= 0.3 is 0 Å². The van der Waals surface area contributed by atoms with Crippen LogP contribution in [0.4, 0.5) is 5.69 Å². The summed E-state index contributed by atoms with van der Waals surface area (Å²) >= 11 is 0. The van der Waals surface area contributed by atoms with E-state index in [4.69, 9.17) is 4.74 Å². The first-order valence-corrected chi connectivity index (χ1v) is 9.16. The van der Waals surface area contributed by atoms with Crippen molar-refractivity contribution in [3.63, 3.8) is 0 Å². The second-order valence-electron chi connectivity index (χ2n) is 6.54. The highest BCUT2D eigenvalue weighted by Gasteiger charge is 2.03. The molecular weight excluding hydrogens is 336 g/mol. The number of nitrogens with one attached hydrogen (secondary N) is 1. The van der Waals surface area contributed by atoms with Crippen LogP contribution < -0.4 is 10.1 Å². The van der Waals surface area contributed by atoms with Crippen LogP contribution in [0.3, 0.4) is 0 Å². The Labute approximate surface area is 160 Å². The van der Waals surface area contributed by atoms with Crippen LogP contribution in [0.15, 0.2) is 73.1 Å². The summed E-state index contributed by atoms with van der Waals surface area (Å²) in [5.41, 5.74) is 4.44. The predicted octanol–water partition coefficient (Wildman–Crippen LogP) is 4.78. The van der Waals surface area contributed by atoms with Gasteiger partial charge in [-0.2, -0.15) is 0 Å². The predicted molar refractivity (Wildman–Crippen MR) is 108 cm³/mol. The molecule has 0 saturated heterocycles. The number of carbonyl (C=O) groups is 1. The Kier molecular flexibility index (Phi) is 6.58. The lowest BCUT2D eigenvalue weighted by atomic mass is 10.1. The fraction of sp³-hybridized carbons (Fsp3) is 0.217. The number of ether oxygens (including phenoxy) is 1. The number of pyridine rings is 1. The zero-order valence-corrected chi connectivity index (χ0v) is 15.5. The fourth-order valence-electron chi connectivity index (χ4n) is 2.72. The maximum atomic E-state index is 12.1. The highest BCUT2D eigenvalue weighted by molar-refractivity contribution is 5.90. The highest BCUT2D eigenvalue weighted by Crippen LogP contribution is 2.14. The van der Waals surface area contributed by atoms with Crippen LogP contribution in [0.25, 0.3) is 0 Å². The summed E-state index contributed by atoms with van der Waals surface area (Å²) in [5, 5.41) is 2.93. The zero-order chi connectivity index (χ0) is 18.9. The van der Waals surface area contributed by atoms with Gasteiger partial charge in [-0.05, 0) is 67.3 Å². The first kappa shape index (κ1) is 18.6. The number of aromatic nitrogens is 1. The van der Waals surface area contributed by atoms with Crippen molar-refractivity contribution < 1.29 is 9.53 Å². The molecular formula is C23H24N2O2. The molecule has 0 aliphatic rings. The molecule has 0 aliphatic heterocycles. The van der Waals surface area contributed by atoms with Gasteiger partial charge in [-0.3, -0.25) is 9.78 Å². The van der Waals surface area contributed by atoms with E-state index in [1.165, 1.54) is 16.7 Å². The minimum Gasteiger partial charge on any atom is -0.494 e. The molecule has 2 aromatic carbocycles. The van der Waals surface area contributed by atoms with E-state index < -0.39 is 0 Å². The summed E-state index contributed by atoms with van der Waals surface area (Å²) < 4.78 is 5.65. The number of benzene rings is 2. The van der Waals surface area contributed by atoms with Gasteiger partial charge in [0.15, 0.2) is 0 Å². The number of aryl methyl sites for hydroxylation is 1. The van der Waals surface area contributed by atoms with Gasteiger partial charge in [-0.1, -0.05) is 29.8 Å². The number of carbonyl (C=O) groups excluding carboxylic acids is 1. The molecule has 0 bridgehead atoms. The Morgan fingerprint density at radius 1 is 0.926 bits per heavy atom. The maximum absolute atomic E-state index is 12.1. The lowest BCUT2D eigenvalue weighted by Crippen LogP contribution is -2.12. The second kappa shape index (κ2) is 9.53. The van der Waals surface area contributed by atoms with Crippen molar-refractivity contribution in [3.05, 3.63) is 89.7 Å². The molecule has 4 heteroatoms. The number of hydrogen-bond donors (Lipinski definition) is 1. The minimum absolute atomic E-state index is 0.00406. The van der Waals surface area contributed by atoms with E-state index in [1.807, 2.05) is 67.6 Å². The molecule has 138 valence electrons. The molecule has 0 spiro atoms. The molecule has 3 aromatic rings. The Morgan fingerprint density at radius 2 is 1.59 bits per heavy atom. The summed E-state index contributed by atoms with van der Waals surface area (Å²) in [4.78, 5) is 16.1. The molecule has 0 unspecified atom stereocenters. The lowest BCUT2D eigenvalue weighted by molar-refractivity contribution is -0.116. The Hall–Kier alpha value is -3.14. The standard InChI is InChI=1S/C23H24N2O2/c1-18-4-10-22(11-5-18)27-16-2-3-23(26)25-21-8-6-19(7-9-21)17-20-12-14-24-15-13-20/h4-15H,2-3,16-17H2,1H3,(H,25,26). The monoisotopic (exact) mass is 360 g/mol. The quantitative estimate of drug-likeness (QED) is 0.588. The maximum Gasteiger partial charge on any atom is 0.224 e. The molecule has 0 fully saturated rings. The van der Waals surface area contributed by atoms with Gasteiger partial charge < -0.3 is 10.1 Å². The SMILES string of the molecule is Cc1ccc(OCCCC(=O)Nc2ccc(Cc3ccncc3)cc2)cc1. The van der Waals surface area contributed by atoms with E-state index in [2.05, 4.69) is 10.3 Å². The molecule has 0 aliphatic carbocycles. The molecule has 3 rings (SSSR count). The van der Waals surface area contributed by atoms with Crippen molar-refractivity contribution in [1.29, 1.82) is 0 Å². The van der Waals surface area contributed by atoms with Gasteiger partial charge in [0.1, 0.15) is 5.75 Å². The van der Waals surface area contributed by atoms with Crippen molar-refractivity contribution in [2.75, 3.05) is 11.9 Å². The number of rotatable bonds is 8. The molecule has 0 saturated carbocycles. The summed E-state index contributed by atoms with van der Waals surface area (Å²) in [7, 11) is 0. The van der Waals surface area contributed by atoms with Crippen LogP contribution in [-0.2, 0) is 11.2 Å². The number of hydrogen-bond acceptors (Lipinski definition) is 3. The molecule has 4 nitrogen and oxygen atoms in total. The number of nitrogens with zero attached hydrogens (tertiary/aromatic N) is 1. The molecule has 1 heterocycles. The zero-order valence-electron chi connectivity index (χ0n) is 15.5. The minimum atomic E-state index is 0.00406. The summed E-state index contributed by atoms with van der Waals surface area (Å²) in [6.45, 7) is 2.57. The average molecular weight is 360 g/mol. The number of anilines is 1. The van der Waals surface area contributed by atoms with E-state index in [9.17, 15) is 4.79 Å². The molecule has 27 heavy (non-hydrogen) atoms. The first-order valence-electron chi connectivity index (χ1n) is 9.16. The van der Waals surface area contributed by atoms with Gasteiger partial charge in [0.05, 0.1) is 6.61 Å². The van der Waals surface area contributed by atoms with Gasteiger partial charge in [0.25, 0.3) is 0 Å². The fourth-order valence-corrected chi connectivity index (χ4v) is 2.72. The van der Waals surface area contributed by atoms with E-state index >= 15 is 0 Å². The third-order valence-electron chi connectivity index (χ3n) is 4.23. The summed E-state index contributed by atoms with van der Waals surface area (Å²) in [6.07, 6.45) is 5.57. The van der Waals surface area contributed by atoms with Crippen molar-refractivity contribution in [1.82, 2.24) is 4.98 Å². The van der Waals surface area contributed by atoms with E-state index in [0.717, 1.165) is 17.9 Å². The van der Waals surface area contributed by atoms with Crippen molar-refractivity contribution in [2.24, 2.45) is 0 Å². The van der Waals surface area contributed by atoms with Crippen LogP contribution in [0, 0.1) is 6.92 Å². The summed E-state index contributed by atoms with van der Waals surface area (Å²) in [5.74, 6) is 0.843. The van der Waals surface area contributed by atoms with Gasteiger partial charge in [-0.15, -0.1) is 0 Å². The van der Waals surface area contributed by atoms with Gasteiger partial charge in [-0.25, -0.2) is 0 Å². The van der Waals surface area contributed by atoms with Crippen LogP contribution in [0.5, 0.6) is 5.75 Å². The van der Waals surface area contributed by atoms with Gasteiger partial charge in [0, 0.05) is 24.5 Å². The van der Waals surface area contributed by atoms with Crippen molar-refractivity contribution in [3.8, 4) is 5.75 Å². The molecule has 0 atom stereocenters. The molecule has 1 N–H and O–H groups in total. The normalized spacial score (nSPS) is 10.4. The molecule has 1 aromatic heterocycles. The van der Waals surface area contributed by atoms with Crippen LogP contribution in [-0.4, -0.2) is 17.5 Å². The third kappa shape index (κ3) is 6.26. The highest BCUT2D eigenvalue weighted by atomic mass is 16.5. The summed E-state index contributed by atoms with van der Waals surface area (Å²) in [6, 6.07) is 19.9. The van der Waals surface area contributed by atoms with E-state index in [1.54, 1.807) is 12.4 Å². The second-order valence-corrected chi connectivity index (χ2v) is 6.54. The van der Waals surface area contributed by atoms with E-state index in [0.29, 0.717) is 19.4 Å². The Bertz CT molecular complexity index is 844. The smallest absolute Gasteiger partial charge is 0.224 e. The molecule has 1 amide bonds. The van der Waals surface area contributed by atoms with Gasteiger partial charge in [0.2, 0.25) is 5.91 Å². The van der Waals surface area contributed by atoms with Crippen molar-refractivity contribution >= 4 is 11.6 Å². The van der Waals surface area contributed by atoms with Crippen LogP contribution in [0.2, 0.25) is 0 Å². The average Bonchev–Trinajstić information content (AvgIpc) is 2.69.